The van der Waals surface area contributed by atoms with Gasteiger partial charge >= 0.3 is 0 Å². The van der Waals surface area contributed by atoms with Crippen LogP contribution >= 0.6 is 0 Å². The molecule has 0 heterocycles. The van der Waals surface area contributed by atoms with Crippen LogP contribution in [0, 0.1) is 0 Å². The van der Waals surface area contributed by atoms with E-state index in [1.165, 1.54) is 12.8 Å². The van der Waals surface area contributed by atoms with E-state index in [-0.39, 0.29) is 0 Å². The second kappa shape index (κ2) is 40.4. The molecular formula is C12H33N. The van der Waals surface area contributed by atoms with E-state index in [1.807, 2.05) is 27.7 Å². The van der Waals surface area contributed by atoms with Crippen molar-refractivity contribution in [1.82, 2.24) is 4.90 Å². The molecule has 0 aromatic heterocycles. The van der Waals surface area contributed by atoms with E-state index >= 15 is 0 Å². The molecule has 0 spiro atoms. The van der Waals surface area contributed by atoms with E-state index in [2.05, 4.69) is 39.8 Å². The third-order valence-electron chi connectivity index (χ3n) is 1.13. The van der Waals surface area contributed by atoms with Crippen LogP contribution in [0.1, 0.15) is 61.3 Å². The van der Waals surface area contributed by atoms with Crippen molar-refractivity contribution in [3.8, 4) is 0 Å². The summed E-state index contributed by atoms with van der Waals surface area (Å²) in [4.78, 5) is 2.12. The summed E-state index contributed by atoms with van der Waals surface area (Å²) >= 11 is 0. The molecule has 0 aliphatic rings. The number of hydrogen-bond donors (Lipinski definition) is 0. The maximum atomic E-state index is 2.18. The van der Waals surface area contributed by atoms with Crippen LogP contribution in [0.2, 0.25) is 0 Å². The molecule has 0 saturated carbocycles. The van der Waals surface area contributed by atoms with Crippen LogP contribution in [-0.4, -0.2) is 25.5 Å². The zero-order valence-corrected chi connectivity index (χ0v) is 11.6. The van der Waals surface area contributed by atoms with Crippen LogP contribution in [0.3, 0.4) is 0 Å². The molecule has 0 N–H and O–H groups in total. The van der Waals surface area contributed by atoms with Crippen molar-refractivity contribution >= 4 is 0 Å². The highest BCUT2D eigenvalue weighted by atomic mass is 15.0. The van der Waals surface area contributed by atoms with Crippen LogP contribution in [0.4, 0.5) is 0 Å². The first-order valence-electron chi connectivity index (χ1n) is 5.83. The van der Waals surface area contributed by atoms with E-state index in [4.69, 9.17) is 0 Å². The van der Waals surface area contributed by atoms with Crippen molar-refractivity contribution in [2.24, 2.45) is 0 Å². The molecule has 0 bridgehead atoms. The summed E-state index contributed by atoms with van der Waals surface area (Å²) in [6, 6.07) is 0. The summed E-state index contributed by atoms with van der Waals surface area (Å²) in [5, 5.41) is 0. The van der Waals surface area contributed by atoms with Crippen LogP contribution in [0.5, 0.6) is 0 Å². The Kier molecular flexibility index (Phi) is 71.8. The minimum atomic E-state index is 1.14. The highest BCUT2D eigenvalue weighted by Gasteiger charge is 1.72. The smallest absolute Gasteiger partial charge is 0.00533 e. The van der Waals surface area contributed by atoms with Crippen LogP contribution in [0.25, 0.3) is 0 Å². The predicted molar refractivity (Wildman–Crippen MR) is 67.5 cm³/mol. The number of nitrogens with zero attached hydrogens (tertiary/aromatic N) is 1. The SMILES string of the molecule is CC.CC.CCCC.CCN(C)C. The Balaban J connectivity index is -0.0000000457. The van der Waals surface area contributed by atoms with Crippen LogP contribution < -0.4 is 0 Å². The molecule has 0 unspecified atom stereocenters. The fourth-order valence-corrected chi connectivity index (χ4v) is 0. The highest BCUT2D eigenvalue weighted by Crippen LogP contribution is 1.76. The van der Waals surface area contributed by atoms with Crippen molar-refractivity contribution in [2.75, 3.05) is 20.6 Å². The molecule has 86 valence electrons. The van der Waals surface area contributed by atoms with Gasteiger partial charge in [0.25, 0.3) is 0 Å². The van der Waals surface area contributed by atoms with Crippen molar-refractivity contribution in [1.29, 1.82) is 0 Å². The van der Waals surface area contributed by atoms with Gasteiger partial charge in [-0.15, -0.1) is 0 Å². The van der Waals surface area contributed by atoms with Gasteiger partial charge in [0.15, 0.2) is 0 Å². The second-order valence-electron chi connectivity index (χ2n) is 2.40. The Morgan fingerprint density at radius 2 is 0.846 bits per heavy atom. The minimum Gasteiger partial charge on any atom is -0.310 e. The molecule has 0 aromatic carbocycles. The van der Waals surface area contributed by atoms with Gasteiger partial charge in [0.2, 0.25) is 0 Å². The summed E-state index contributed by atoms with van der Waals surface area (Å²) in [5.41, 5.74) is 0. The Morgan fingerprint density at radius 1 is 0.692 bits per heavy atom. The van der Waals surface area contributed by atoms with Crippen molar-refractivity contribution in [2.45, 2.75) is 61.3 Å². The number of unbranched alkanes of at least 4 members (excludes halogenated alkanes) is 1. The largest absolute Gasteiger partial charge is 0.310 e. The van der Waals surface area contributed by atoms with Gasteiger partial charge < -0.3 is 4.90 Å². The topological polar surface area (TPSA) is 3.24 Å². The molecule has 0 amide bonds. The molecule has 13 heavy (non-hydrogen) atoms. The normalized spacial score (nSPS) is 6.92. The first-order chi connectivity index (χ1) is 6.18. The molecule has 0 rings (SSSR count). The van der Waals surface area contributed by atoms with E-state index in [9.17, 15) is 0 Å². The van der Waals surface area contributed by atoms with Crippen molar-refractivity contribution in [3.63, 3.8) is 0 Å². The van der Waals surface area contributed by atoms with E-state index < -0.39 is 0 Å². The van der Waals surface area contributed by atoms with Crippen molar-refractivity contribution in [3.05, 3.63) is 0 Å². The van der Waals surface area contributed by atoms with Gasteiger partial charge in [0.1, 0.15) is 0 Å². The quantitative estimate of drug-likeness (QED) is 0.624. The van der Waals surface area contributed by atoms with Gasteiger partial charge in [0, 0.05) is 0 Å². The Hall–Kier alpha value is -0.0400. The molecule has 1 heteroatoms. The van der Waals surface area contributed by atoms with Crippen molar-refractivity contribution < 1.29 is 0 Å². The second-order valence-corrected chi connectivity index (χ2v) is 2.40. The fraction of sp³-hybridized carbons (Fsp3) is 1.00. The molecule has 0 aromatic rings. The molecule has 0 saturated heterocycles. The fourth-order valence-electron chi connectivity index (χ4n) is 0. The first kappa shape index (κ1) is 23.1. The lowest BCUT2D eigenvalue weighted by Gasteiger charge is -2.00. The molecule has 0 atom stereocenters. The van der Waals surface area contributed by atoms with Gasteiger partial charge in [-0.2, -0.15) is 0 Å². The van der Waals surface area contributed by atoms with E-state index in [0.717, 1.165) is 6.54 Å². The lowest BCUT2D eigenvalue weighted by molar-refractivity contribution is 0.434. The molecule has 0 aliphatic carbocycles. The zero-order chi connectivity index (χ0) is 11.7. The number of rotatable bonds is 2. The Labute approximate surface area is 87.5 Å². The molecule has 0 aliphatic heterocycles. The van der Waals surface area contributed by atoms with Gasteiger partial charge in [-0.05, 0) is 20.6 Å². The van der Waals surface area contributed by atoms with Gasteiger partial charge in [-0.1, -0.05) is 61.3 Å². The van der Waals surface area contributed by atoms with E-state index in [0.29, 0.717) is 0 Å². The van der Waals surface area contributed by atoms with Gasteiger partial charge in [-0.3, -0.25) is 0 Å². The predicted octanol–water partition coefficient (Wildman–Crippen LogP) is 4.43. The Bertz CT molecular complexity index is 32.1. The average molecular weight is 191 g/mol. The summed E-state index contributed by atoms with van der Waals surface area (Å²) < 4.78 is 0. The summed E-state index contributed by atoms with van der Waals surface area (Å²) in [6.45, 7) is 15.6. The standard InChI is InChI=1S/C4H11N.C4H10.2C2H6/c1-4-5(2)3;1-3-4-2;2*1-2/h4H2,1-3H3;3-4H2,1-2H3;2*1-2H3. The Morgan fingerprint density at radius 3 is 0.846 bits per heavy atom. The summed E-state index contributed by atoms with van der Waals surface area (Å²) in [7, 11) is 4.11. The first-order valence-corrected chi connectivity index (χ1v) is 5.83. The van der Waals surface area contributed by atoms with E-state index in [1.54, 1.807) is 0 Å². The third kappa shape index (κ3) is 135. The maximum absolute atomic E-state index is 2.18. The summed E-state index contributed by atoms with van der Waals surface area (Å²) in [5.74, 6) is 0. The lowest BCUT2D eigenvalue weighted by Crippen LogP contribution is -2.08. The monoisotopic (exact) mass is 191 g/mol. The number of hydrogen-bond acceptors (Lipinski definition) is 1. The molecular weight excluding hydrogens is 158 g/mol. The summed E-state index contributed by atoms with van der Waals surface area (Å²) in [6.07, 6.45) is 2.64. The highest BCUT2D eigenvalue weighted by molar-refractivity contribution is 4.25. The molecule has 0 radical (unpaired) electrons. The minimum absolute atomic E-state index is 1.14. The molecule has 1 nitrogen and oxygen atoms in total. The van der Waals surface area contributed by atoms with Crippen LogP contribution in [0.15, 0.2) is 0 Å². The third-order valence-corrected chi connectivity index (χ3v) is 1.13. The molecule has 0 fully saturated rings. The zero-order valence-electron chi connectivity index (χ0n) is 11.6. The van der Waals surface area contributed by atoms with Gasteiger partial charge in [-0.25, -0.2) is 0 Å². The lowest BCUT2D eigenvalue weighted by atomic mass is 10.4. The van der Waals surface area contributed by atoms with Crippen LogP contribution in [-0.2, 0) is 0 Å². The van der Waals surface area contributed by atoms with Gasteiger partial charge in [0.05, 0.1) is 0 Å². The maximum Gasteiger partial charge on any atom is -0.00533 e. The average Bonchev–Trinajstić information content (AvgIpc) is 2.24.